The third kappa shape index (κ3) is 3.20. The minimum atomic E-state index is -3.43. The van der Waals surface area contributed by atoms with Crippen molar-refractivity contribution in [3.63, 3.8) is 0 Å². The zero-order valence-electron chi connectivity index (χ0n) is 13.3. The zero-order valence-corrected chi connectivity index (χ0v) is 14.1. The topological polar surface area (TPSA) is 66.4 Å². The highest BCUT2D eigenvalue weighted by molar-refractivity contribution is 7.89. The molecule has 1 fully saturated rings. The first kappa shape index (κ1) is 15.9. The number of piperazine rings is 1. The van der Waals surface area contributed by atoms with E-state index in [-0.39, 0.29) is 0 Å². The van der Waals surface area contributed by atoms with Crippen molar-refractivity contribution in [2.45, 2.75) is 18.7 Å². The minimum Gasteiger partial charge on any atom is -0.352 e. The number of hydrogen-bond acceptors (Lipinski definition) is 5. The summed E-state index contributed by atoms with van der Waals surface area (Å²) in [4.78, 5) is 2.46. The maximum absolute atomic E-state index is 12.8. The summed E-state index contributed by atoms with van der Waals surface area (Å²) in [7, 11) is -3.43. The fourth-order valence-electron chi connectivity index (χ4n) is 2.70. The third-order valence-electron chi connectivity index (χ3n) is 4.06. The highest BCUT2D eigenvalue weighted by atomic mass is 32.2. The molecule has 7 heteroatoms. The number of rotatable bonds is 3. The highest BCUT2D eigenvalue weighted by Gasteiger charge is 2.29. The largest absolute Gasteiger partial charge is 0.352 e. The van der Waals surface area contributed by atoms with E-state index in [0.717, 1.165) is 17.1 Å². The van der Waals surface area contributed by atoms with Crippen molar-refractivity contribution in [3.05, 3.63) is 47.7 Å². The van der Waals surface area contributed by atoms with Crippen molar-refractivity contribution in [1.29, 1.82) is 0 Å². The van der Waals surface area contributed by atoms with Crippen LogP contribution < -0.4 is 4.90 Å². The Hall–Kier alpha value is -1.99. The molecule has 0 aliphatic carbocycles. The Kier molecular flexibility index (Phi) is 4.32. The number of aryl methyl sites for hydroxylation is 2. The molecular weight excluding hydrogens is 312 g/mol. The minimum absolute atomic E-state index is 0.392. The maximum atomic E-state index is 12.8. The van der Waals surface area contributed by atoms with Gasteiger partial charge in [-0.25, -0.2) is 8.42 Å². The van der Waals surface area contributed by atoms with Gasteiger partial charge in [0.2, 0.25) is 10.0 Å². The van der Waals surface area contributed by atoms with Gasteiger partial charge < -0.3 is 4.90 Å². The van der Waals surface area contributed by atoms with Crippen molar-refractivity contribution in [3.8, 4) is 0 Å². The van der Waals surface area contributed by atoms with Gasteiger partial charge in [0.1, 0.15) is 0 Å². The molecule has 0 atom stereocenters. The summed E-state index contributed by atoms with van der Waals surface area (Å²) in [5.74, 6) is 0.795. The Labute approximate surface area is 136 Å². The van der Waals surface area contributed by atoms with Crippen LogP contribution in [0, 0.1) is 13.8 Å². The van der Waals surface area contributed by atoms with Crippen LogP contribution >= 0.6 is 0 Å². The molecule has 0 radical (unpaired) electrons. The van der Waals surface area contributed by atoms with Crippen LogP contribution in [-0.4, -0.2) is 49.1 Å². The molecule has 1 aromatic carbocycles. The average molecular weight is 332 g/mol. The standard InChI is InChI=1S/C16H20N4O2S/c1-13-5-3-4-6-15(13)23(21,22)20-11-9-19(10-12-20)16-8-7-14(2)17-18-16/h3-8H,9-12H2,1-2H3. The summed E-state index contributed by atoms with van der Waals surface area (Å²) in [5.41, 5.74) is 1.65. The predicted molar refractivity (Wildman–Crippen MR) is 88.9 cm³/mol. The lowest BCUT2D eigenvalue weighted by molar-refractivity contribution is 0.383. The second-order valence-corrected chi connectivity index (χ2v) is 7.60. The van der Waals surface area contributed by atoms with E-state index in [9.17, 15) is 8.42 Å². The van der Waals surface area contributed by atoms with Gasteiger partial charge in [0.15, 0.2) is 5.82 Å². The molecule has 1 aliphatic heterocycles. The predicted octanol–water partition coefficient (Wildman–Crippen LogP) is 1.60. The van der Waals surface area contributed by atoms with Gasteiger partial charge in [0.25, 0.3) is 0 Å². The van der Waals surface area contributed by atoms with Gasteiger partial charge in [0.05, 0.1) is 10.6 Å². The monoisotopic (exact) mass is 332 g/mol. The molecule has 2 heterocycles. The molecule has 1 saturated heterocycles. The van der Waals surface area contributed by atoms with Crippen molar-refractivity contribution < 1.29 is 8.42 Å². The van der Waals surface area contributed by atoms with E-state index in [1.807, 2.05) is 38.1 Å². The SMILES string of the molecule is Cc1ccc(N2CCN(S(=O)(=O)c3ccccc3C)CC2)nn1. The third-order valence-corrected chi connectivity index (χ3v) is 6.12. The molecule has 0 amide bonds. The molecule has 6 nitrogen and oxygen atoms in total. The Morgan fingerprint density at radius 1 is 0.913 bits per heavy atom. The van der Waals surface area contributed by atoms with Gasteiger partial charge in [-0.1, -0.05) is 18.2 Å². The van der Waals surface area contributed by atoms with Crippen LogP contribution in [0.5, 0.6) is 0 Å². The van der Waals surface area contributed by atoms with Crippen LogP contribution in [0.1, 0.15) is 11.3 Å². The summed E-state index contributed by atoms with van der Waals surface area (Å²) < 4.78 is 27.1. The first-order valence-corrected chi connectivity index (χ1v) is 9.03. The first-order valence-electron chi connectivity index (χ1n) is 7.59. The van der Waals surface area contributed by atoms with E-state index in [0.29, 0.717) is 31.1 Å². The molecule has 0 spiro atoms. The highest BCUT2D eigenvalue weighted by Crippen LogP contribution is 2.22. The van der Waals surface area contributed by atoms with E-state index in [1.165, 1.54) is 0 Å². The summed E-state index contributed by atoms with van der Waals surface area (Å²) in [6.45, 7) is 5.85. The van der Waals surface area contributed by atoms with Crippen LogP contribution in [0.15, 0.2) is 41.3 Å². The van der Waals surface area contributed by atoms with Crippen LogP contribution in [0.4, 0.5) is 5.82 Å². The van der Waals surface area contributed by atoms with Gasteiger partial charge >= 0.3 is 0 Å². The van der Waals surface area contributed by atoms with E-state index < -0.39 is 10.0 Å². The normalized spacial score (nSPS) is 16.5. The molecule has 3 rings (SSSR count). The quantitative estimate of drug-likeness (QED) is 0.854. The van der Waals surface area contributed by atoms with E-state index in [1.54, 1.807) is 16.4 Å². The Bertz CT molecular complexity index is 782. The number of aromatic nitrogens is 2. The molecular formula is C16H20N4O2S. The van der Waals surface area contributed by atoms with Gasteiger partial charge in [-0.05, 0) is 37.6 Å². The fourth-order valence-corrected chi connectivity index (χ4v) is 4.35. The summed E-state index contributed by atoms with van der Waals surface area (Å²) in [5, 5.41) is 8.23. The molecule has 1 aromatic heterocycles. The number of hydrogen-bond donors (Lipinski definition) is 0. The summed E-state index contributed by atoms with van der Waals surface area (Å²) in [6, 6.07) is 10.9. The van der Waals surface area contributed by atoms with E-state index in [2.05, 4.69) is 15.1 Å². The molecule has 1 aliphatic rings. The maximum Gasteiger partial charge on any atom is 0.243 e. The lowest BCUT2D eigenvalue weighted by atomic mass is 10.2. The average Bonchev–Trinajstić information content (AvgIpc) is 2.56. The smallest absolute Gasteiger partial charge is 0.243 e. The molecule has 0 saturated carbocycles. The Balaban J connectivity index is 1.74. The van der Waals surface area contributed by atoms with Gasteiger partial charge in [-0.15, -0.1) is 5.10 Å². The Morgan fingerprint density at radius 3 is 2.22 bits per heavy atom. The van der Waals surface area contributed by atoms with E-state index in [4.69, 9.17) is 0 Å². The summed E-state index contributed by atoms with van der Waals surface area (Å²) in [6.07, 6.45) is 0. The van der Waals surface area contributed by atoms with Crippen molar-refractivity contribution in [2.24, 2.45) is 0 Å². The van der Waals surface area contributed by atoms with Crippen LogP contribution in [0.25, 0.3) is 0 Å². The van der Waals surface area contributed by atoms with Crippen LogP contribution in [-0.2, 0) is 10.0 Å². The first-order chi connectivity index (χ1) is 11.0. The number of nitrogens with zero attached hydrogens (tertiary/aromatic N) is 4. The molecule has 0 bridgehead atoms. The van der Waals surface area contributed by atoms with Crippen molar-refractivity contribution >= 4 is 15.8 Å². The zero-order chi connectivity index (χ0) is 16.4. The van der Waals surface area contributed by atoms with Gasteiger partial charge in [-0.3, -0.25) is 0 Å². The summed E-state index contributed by atoms with van der Waals surface area (Å²) >= 11 is 0. The van der Waals surface area contributed by atoms with Crippen LogP contribution in [0.2, 0.25) is 0 Å². The fraction of sp³-hybridized carbons (Fsp3) is 0.375. The number of anilines is 1. The van der Waals surface area contributed by atoms with Crippen molar-refractivity contribution in [1.82, 2.24) is 14.5 Å². The van der Waals surface area contributed by atoms with E-state index >= 15 is 0 Å². The Morgan fingerprint density at radius 2 is 1.61 bits per heavy atom. The lowest BCUT2D eigenvalue weighted by Gasteiger charge is -2.34. The lowest BCUT2D eigenvalue weighted by Crippen LogP contribution is -2.49. The molecule has 122 valence electrons. The molecule has 23 heavy (non-hydrogen) atoms. The number of sulfonamides is 1. The second-order valence-electron chi connectivity index (χ2n) is 5.69. The van der Waals surface area contributed by atoms with Crippen LogP contribution in [0.3, 0.4) is 0 Å². The van der Waals surface area contributed by atoms with Gasteiger partial charge in [-0.2, -0.15) is 9.40 Å². The second kappa shape index (κ2) is 6.25. The molecule has 0 N–H and O–H groups in total. The number of benzene rings is 1. The molecule has 2 aromatic rings. The van der Waals surface area contributed by atoms with Crippen molar-refractivity contribution in [2.75, 3.05) is 31.1 Å². The molecule has 0 unspecified atom stereocenters. The van der Waals surface area contributed by atoms with Gasteiger partial charge in [0, 0.05) is 26.2 Å².